The van der Waals surface area contributed by atoms with Crippen LogP contribution in [-0.2, 0) is 0 Å². The van der Waals surface area contributed by atoms with Gasteiger partial charge in [0.2, 0.25) is 0 Å². The first-order chi connectivity index (χ1) is 10.7. The molecule has 5 heteroatoms. The van der Waals surface area contributed by atoms with E-state index in [1.807, 2.05) is 0 Å². The molecule has 122 valence electrons. The van der Waals surface area contributed by atoms with Gasteiger partial charge in [-0.25, -0.2) is 4.39 Å². The minimum Gasteiger partial charge on any atom is -0.497 e. The molecule has 1 aliphatic carbocycles. The van der Waals surface area contributed by atoms with Crippen LogP contribution in [0.2, 0.25) is 0 Å². The summed E-state index contributed by atoms with van der Waals surface area (Å²) in [5, 5.41) is 6.22. The molecule has 2 rings (SSSR count). The molecular formula is C17H25FN2O2. The molecule has 0 aromatic heterocycles. The standard InChI is InChI=1S/C17H25FN2O2/c1-22-14-8-9-15(16(18)12-14)17(21)20-11-10-19-13-6-4-2-3-5-7-13/h8-9,12-13,19H,2-7,10-11H2,1H3,(H,20,21). The van der Waals surface area contributed by atoms with E-state index < -0.39 is 5.82 Å². The highest BCUT2D eigenvalue weighted by molar-refractivity contribution is 5.94. The Bertz CT molecular complexity index is 486. The summed E-state index contributed by atoms with van der Waals surface area (Å²) >= 11 is 0. The summed E-state index contributed by atoms with van der Waals surface area (Å²) in [7, 11) is 1.47. The number of nitrogens with one attached hydrogen (secondary N) is 2. The zero-order valence-electron chi connectivity index (χ0n) is 13.2. The van der Waals surface area contributed by atoms with Gasteiger partial charge in [0.05, 0.1) is 12.7 Å². The van der Waals surface area contributed by atoms with Crippen molar-refractivity contribution in [3.05, 3.63) is 29.6 Å². The number of benzene rings is 1. The molecule has 0 atom stereocenters. The Morgan fingerprint density at radius 2 is 1.95 bits per heavy atom. The average Bonchev–Trinajstić information content (AvgIpc) is 2.80. The summed E-state index contributed by atoms with van der Waals surface area (Å²) in [6, 6.07) is 4.81. The molecular weight excluding hydrogens is 283 g/mol. The molecule has 0 spiro atoms. The molecule has 1 aliphatic rings. The highest BCUT2D eigenvalue weighted by atomic mass is 19.1. The monoisotopic (exact) mass is 308 g/mol. The molecule has 1 saturated carbocycles. The van der Waals surface area contributed by atoms with Gasteiger partial charge in [-0.05, 0) is 25.0 Å². The molecule has 0 heterocycles. The van der Waals surface area contributed by atoms with Crippen molar-refractivity contribution in [1.82, 2.24) is 10.6 Å². The van der Waals surface area contributed by atoms with Crippen LogP contribution in [-0.4, -0.2) is 32.1 Å². The van der Waals surface area contributed by atoms with Crippen molar-refractivity contribution in [2.75, 3.05) is 20.2 Å². The number of halogens is 1. The van der Waals surface area contributed by atoms with Crippen LogP contribution < -0.4 is 15.4 Å². The van der Waals surface area contributed by atoms with Crippen LogP contribution in [0.5, 0.6) is 5.75 Å². The fourth-order valence-corrected chi connectivity index (χ4v) is 2.84. The van der Waals surface area contributed by atoms with Gasteiger partial charge >= 0.3 is 0 Å². The van der Waals surface area contributed by atoms with Crippen molar-refractivity contribution in [3.8, 4) is 5.75 Å². The summed E-state index contributed by atoms with van der Waals surface area (Å²) in [6.07, 6.45) is 7.63. The zero-order valence-corrected chi connectivity index (χ0v) is 13.2. The summed E-state index contributed by atoms with van der Waals surface area (Å²) in [4.78, 5) is 12.0. The van der Waals surface area contributed by atoms with E-state index in [4.69, 9.17) is 4.74 Å². The van der Waals surface area contributed by atoms with Gasteiger partial charge in [0.25, 0.3) is 5.91 Å². The van der Waals surface area contributed by atoms with Crippen molar-refractivity contribution in [2.24, 2.45) is 0 Å². The Hall–Kier alpha value is -1.62. The van der Waals surface area contributed by atoms with Crippen LogP contribution in [0.3, 0.4) is 0 Å². The van der Waals surface area contributed by atoms with E-state index in [2.05, 4.69) is 10.6 Å². The van der Waals surface area contributed by atoms with Gasteiger partial charge in [0, 0.05) is 25.2 Å². The topological polar surface area (TPSA) is 50.4 Å². The predicted octanol–water partition coefficient (Wildman–Crippen LogP) is 2.88. The molecule has 0 saturated heterocycles. The maximum Gasteiger partial charge on any atom is 0.254 e. The van der Waals surface area contributed by atoms with Gasteiger partial charge in [-0.3, -0.25) is 4.79 Å². The van der Waals surface area contributed by atoms with Crippen LogP contribution in [0.15, 0.2) is 18.2 Å². The summed E-state index contributed by atoms with van der Waals surface area (Å²) in [6.45, 7) is 1.22. The summed E-state index contributed by atoms with van der Waals surface area (Å²) in [5.74, 6) is -0.541. The maximum absolute atomic E-state index is 13.8. The summed E-state index contributed by atoms with van der Waals surface area (Å²) < 4.78 is 18.7. The van der Waals surface area contributed by atoms with Crippen molar-refractivity contribution < 1.29 is 13.9 Å². The minimum atomic E-state index is -0.562. The Labute approximate surface area is 131 Å². The van der Waals surface area contributed by atoms with E-state index in [-0.39, 0.29) is 11.5 Å². The number of carbonyl (C=O) groups excluding carboxylic acids is 1. The van der Waals surface area contributed by atoms with Gasteiger partial charge in [0.15, 0.2) is 0 Å². The highest BCUT2D eigenvalue weighted by Crippen LogP contribution is 2.17. The van der Waals surface area contributed by atoms with Crippen molar-refractivity contribution in [1.29, 1.82) is 0 Å². The first kappa shape index (κ1) is 16.7. The number of amides is 1. The molecule has 1 fully saturated rings. The van der Waals surface area contributed by atoms with Crippen LogP contribution in [0.25, 0.3) is 0 Å². The van der Waals surface area contributed by atoms with Crippen LogP contribution >= 0.6 is 0 Å². The van der Waals surface area contributed by atoms with Gasteiger partial charge in [-0.15, -0.1) is 0 Å². The van der Waals surface area contributed by atoms with Gasteiger partial charge in [0.1, 0.15) is 11.6 Å². The first-order valence-corrected chi connectivity index (χ1v) is 8.06. The van der Waals surface area contributed by atoms with Gasteiger partial charge < -0.3 is 15.4 Å². The first-order valence-electron chi connectivity index (χ1n) is 8.06. The van der Waals surface area contributed by atoms with E-state index >= 15 is 0 Å². The minimum absolute atomic E-state index is 0.0512. The van der Waals surface area contributed by atoms with Crippen molar-refractivity contribution >= 4 is 5.91 Å². The van der Waals surface area contributed by atoms with Gasteiger partial charge in [-0.2, -0.15) is 0 Å². The fourth-order valence-electron chi connectivity index (χ4n) is 2.84. The SMILES string of the molecule is COc1ccc(C(=O)NCCNC2CCCCCC2)c(F)c1. The Kier molecular flexibility index (Phi) is 6.65. The molecule has 0 bridgehead atoms. The van der Waals surface area contributed by atoms with E-state index in [1.54, 1.807) is 6.07 Å². The normalized spacial score (nSPS) is 16.1. The third kappa shape index (κ3) is 4.98. The Morgan fingerprint density at radius 3 is 2.59 bits per heavy atom. The lowest BCUT2D eigenvalue weighted by Gasteiger charge is -2.16. The fraction of sp³-hybridized carbons (Fsp3) is 0.588. The number of hydrogen-bond donors (Lipinski definition) is 2. The molecule has 0 aliphatic heterocycles. The third-order valence-electron chi connectivity index (χ3n) is 4.12. The van der Waals surface area contributed by atoms with Crippen molar-refractivity contribution in [3.63, 3.8) is 0 Å². The average molecular weight is 308 g/mol. The summed E-state index contributed by atoms with van der Waals surface area (Å²) in [5.41, 5.74) is 0.0512. The quantitative estimate of drug-likeness (QED) is 0.627. The van der Waals surface area contributed by atoms with E-state index in [0.717, 1.165) is 0 Å². The maximum atomic E-state index is 13.8. The largest absolute Gasteiger partial charge is 0.497 e. The Morgan fingerprint density at radius 1 is 1.23 bits per heavy atom. The molecule has 0 radical (unpaired) electrons. The number of rotatable bonds is 6. The molecule has 1 aromatic carbocycles. The van der Waals surface area contributed by atoms with Crippen molar-refractivity contribution in [2.45, 2.75) is 44.6 Å². The lowest BCUT2D eigenvalue weighted by atomic mass is 10.1. The second-order valence-electron chi connectivity index (χ2n) is 5.74. The zero-order chi connectivity index (χ0) is 15.8. The molecule has 22 heavy (non-hydrogen) atoms. The van der Waals surface area contributed by atoms with E-state index in [9.17, 15) is 9.18 Å². The Balaban J connectivity index is 1.73. The van der Waals surface area contributed by atoms with Crippen LogP contribution in [0.4, 0.5) is 4.39 Å². The number of methoxy groups -OCH3 is 1. The second kappa shape index (κ2) is 8.73. The lowest BCUT2D eigenvalue weighted by molar-refractivity contribution is 0.0949. The number of hydrogen-bond acceptors (Lipinski definition) is 3. The molecule has 0 unspecified atom stereocenters. The highest BCUT2D eigenvalue weighted by Gasteiger charge is 2.13. The molecule has 4 nitrogen and oxygen atoms in total. The molecule has 2 N–H and O–H groups in total. The molecule has 1 amide bonds. The lowest BCUT2D eigenvalue weighted by Crippen LogP contribution is -2.37. The second-order valence-corrected chi connectivity index (χ2v) is 5.74. The van der Waals surface area contributed by atoms with Gasteiger partial charge in [-0.1, -0.05) is 25.7 Å². The third-order valence-corrected chi connectivity index (χ3v) is 4.12. The predicted molar refractivity (Wildman–Crippen MR) is 84.8 cm³/mol. The molecule has 1 aromatic rings. The number of ether oxygens (including phenoxy) is 1. The number of carbonyl (C=O) groups is 1. The smallest absolute Gasteiger partial charge is 0.254 e. The van der Waals surface area contributed by atoms with Crippen LogP contribution in [0, 0.1) is 5.82 Å². The van der Waals surface area contributed by atoms with E-state index in [0.29, 0.717) is 24.9 Å². The van der Waals surface area contributed by atoms with Crippen LogP contribution in [0.1, 0.15) is 48.9 Å². The van der Waals surface area contributed by atoms with E-state index in [1.165, 1.54) is 57.8 Å².